The van der Waals surface area contributed by atoms with Crippen LogP contribution in [0.1, 0.15) is 34.6 Å². The van der Waals surface area contributed by atoms with Crippen molar-refractivity contribution in [2.75, 3.05) is 6.54 Å². The lowest BCUT2D eigenvalue weighted by Crippen LogP contribution is -2.46. The van der Waals surface area contributed by atoms with Crippen LogP contribution in [-0.2, 0) is 18.9 Å². The molecule has 2 rings (SSSR count). The molecule has 0 aromatic rings. The summed E-state index contributed by atoms with van der Waals surface area (Å²) in [5, 5.41) is 2.69. The Bertz CT molecular complexity index is 399. The molecule has 3 unspecified atom stereocenters. The summed E-state index contributed by atoms with van der Waals surface area (Å²) in [4.78, 5) is 11.6. The minimum absolute atomic E-state index is 0.149. The van der Waals surface area contributed by atoms with Gasteiger partial charge in [-0.05, 0) is 40.7 Å². The summed E-state index contributed by atoms with van der Waals surface area (Å²) in [5.41, 5.74) is -0.519. The molecule has 0 radical (unpaired) electrons. The van der Waals surface area contributed by atoms with Crippen molar-refractivity contribution < 1.29 is 23.7 Å². The Morgan fingerprint density at radius 2 is 2.05 bits per heavy atom. The summed E-state index contributed by atoms with van der Waals surface area (Å²) in [7, 11) is 0. The molecule has 1 fully saturated rings. The van der Waals surface area contributed by atoms with Crippen LogP contribution in [0.4, 0.5) is 4.79 Å². The van der Waals surface area contributed by atoms with E-state index in [1.807, 2.05) is 40.7 Å². The van der Waals surface area contributed by atoms with Crippen LogP contribution in [0, 0.1) is 0 Å². The van der Waals surface area contributed by atoms with Gasteiger partial charge < -0.3 is 24.3 Å². The van der Waals surface area contributed by atoms with E-state index in [2.05, 4.69) is 5.32 Å². The maximum Gasteiger partial charge on any atom is 0.407 e. The maximum atomic E-state index is 11.6. The van der Waals surface area contributed by atoms with Gasteiger partial charge in [-0.2, -0.15) is 0 Å². The zero-order valence-corrected chi connectivity index (χ0v) is 12.6. The average Bonchev–Trinajstić information content (AvgIpc) is 2.58. The summed E-state index contributed by atoms with van der Waals surface area (Å²) in [6, 6.07) is 0. The van der Waals surface area contributed by atoms with Crippen molar-refractivity contribution in [1.82, 2.24) is 5.32 Å². The molecule has 0 aromatic heterocycles. The summed E-state index contributed by atoms with van der Waals surface area (Å²) in [6.45, 7) is 9.48. The molecule has 1 amide bonds. The van der Waals surface area contributed by atoms with E-state index in [0.29, 0.717) is 6.54 Å². The van der Waals surface area contributed by atoms with E-state index < -0.39 is 17.5 Å². The predicted octanol–water partition coefficient (Wildman–Crippen LogP) is 1.94. The molecule has 2 aliphatic heterocycles. The summed E-state index contributed by atoms with van der Waals surface area (Å²) in [6.07, 6.45) is 2.27. The SMILES string of the molecule is CC(C)(C)OC(=O)NCC1OC=CC2OC(C)(C)OC21. The van der Waals surface area contributed by atoms with Gasteiger partial charge in [-0.1, -0.05) is 0 Å². The minimum Gasteiger partial charge on any atom is -0.494 e. The topological polar surface area (TPSA) is 66.0 Å². The van der Waals surface area contributed by atoms with Crippen molar-refractivity contribution in [3.63, 3.8) is 0 Å². The van der Waals surface area contributed by atoms with Crippen molar-refractivity contribution in [3.8, 4) is 0 Å². The summed E-state index contributed by atoms with van der Waals surface area (Å²) < 4.78 is 22.2. The van der Waals surface area contributed by atoms with Gasteiger partial charge >= 0.3 is 6.09 Å². The quantitative estimate of drug-likeness (QED) is 0.840. The second-order valence-electron chi connectivity index (χ2n) is 6.45. The Balaban J connectivity index is 1.87. The van der Waals surface area contributed by atoms with Crippen molar-refractivity contribution in [3.05, 3.63) is 12.3 Å². The third-order valence-corrected chi connectivity index (χ3v) is 2.90. The van der Waals surface area contributed by atoms with E-state index >= 15 is 0 Å². The van der Waals surface area contributed by atoms with Crippen molar-refractivity contribution in [2.24, 2.45) is 0 Å². The van der Waals surface area contributed by atoms with Crippen LogP contribution in [0.2, 0.25) is 0 Å². The highest BCUT2D eigenvalue weighted by Crippen LogP contribution is 2.33. The molecular formula is C14H23NO5. The Morgan fingerprint density at radius 1 is 1.35 bits per heavy atom. The maximum absolute atomic E-state index is 11.6. The lowest BCUT2D eigenvalue weighted by molar-refractivity contribution is -0.151. The Kier molecular flexibility index (Phi) is 3.97. The van der Waals surface area contributed by atoms with Crippen LogP contribution in [0.3, 0.4) is 0 Å². The average molecular weight is 285 g/mol. The molecule has 1 N–H and O–H groups in total. The first-order valence-electron chi connectivity index (χ1n) is 6.81. The number of carbonyl (C=O) groups excluding carboxylic acids is 1. The third-order valence-electron chi connectivity index (χ3n) is 2.90. The molecular weight excluding hydrogens is 262 g/mol. The van der Waals surface area contributed by atoms with Crippen LogP contribution < -0.4 is 5.32 Å². The molecule has 0 aliphatic carbocycles. The van der Waals surface area contributed by atoms with Gasteiger partial charge in [-0.15, -0.1) is 0 Å². The van der Waals surface area contributed by atoms with E-state index in [4.69, 9.17) is 18.9 Å². The molecule has 114 valence electrons. The molecule has 6 nitrogen and oxygen atoms in total. The zero-order chi connectivity index (χ0) is 15.0. The van der Waals surface area contributed by atoms with Crippen molar-refractivity contribution in [1.29, 1.82) is 0 Å². The highest BCUT2D eigenvalue weighted by Gasteiger charge is 2.46. The number of fused-ring (bicyclic) bond motifs is 1. The number of amides is 1. The number of hydrogen-bond donors (Lipinski definition) is 1. The minimum atomic E-state index is -0.641. The number of hydrogen-bond acceptors (Lipinski definition) is 5. The molecule has 0 spiro atoms. The monoisotopic (exact) mass is 285 g/mol. The van der Waals surface area contributed by atoms with Crippen molar-refractivity contribution in [2.45, 2.75) is 64.3 Å². The largest absolute Gasteiger partial charge is 0.494 e. The first kappa shape index (κ1) is 15.1. The number of alkyl carbamates (subject to hydrolysis) is 1. The fraction of sp³-hybridized carbons (Fsp3) is 0.786. The van der Waals surface area contributed by atoms with E-state index in [-0.39, 0.29) is 18.3 Å². The molecule has 3 atom stereocenters. The van der Waals surface area contributed by atoms with Crippen molar-refractivity contribution >= 4 is 6.09 Å². The predicted molar refractivity (Wildman–Crippen MR) is 72.1 cm³/mol. The zero-order valence-electron chi connectivity index (χ0n) is 12.6. The standard InChI is InChI=1S/C14H23NO5/c1-13(2,3)20-12(16)15-8-10-11-9(6-7-17-10)18-14(4,5)19-11/h6-7,9-11H,8H2,1-5H3,(H,15,16). The second kappa shape index (κ2) is 5.26. The lowest BCUT2D eigenvalue weighted by atomic mass is 10.1. The van der Waals surface area contributed by atoms with Gasteiger partial charge in [0.05, 0.1) is 12.8 Å². The van der Waals surface area contributed by atoms with Crippen LogP contribution in [0.25, 0.3) is 0 Å². The summed E-state index contributed by atoms with van der Waals surface area (Å²) in [5.74, 6) is -0.641. The van der Waals surface area contributed by atoms with E-state index in [0.717, 1.165) is 0 Å². The number of ether oxygens (including phenoxy) is 4. The van der Waals surface area contributed by atoms with Crippen LogP contribution in [0.15, 0.2) is 12.3 Å². The van der Waals surface area contributed by atoms with Gasteiger partial charge in [0.2, 0.25) is 0 Å². The molecule has 0 aromatic carbocycles. The highest BCUT2D eigenvalue weighted by atomic mass is 16.8. The Labute approximate surface area is 119 Å². The normalized spacial score (nSPS) is 31.4. The van der Waals surface area contributed by atoms with E-state index in [1.54, 1.807) is 6.26 Å². The van der Waals surface area contributed by atoms with Crippen LogP contribution in [0.5, 0.6) is 0 Å². The third kappa shape index (κ3) is 3.86. The van der Waals surface area contributed by atoms with Gasteiger partial charge in [0.15, 0.2) is 5.79 Å². The molecule has 2 aliphatic rings. The smallest absolute Gasteiger partial charge is 0.407 e. The van der Waals surface area contributed by atoms with Gasteiger partial charge in [0.1, 0.15) is 23.9 Å². The number of rotatable bonds is 2. The molecule has 6 heteroatoms. The molecule has 0 bridgehead atoms. The van der Waals surface area contributed by atoms with Gasteiger partial charge in [-0.3, -0.25) is 0 Å². The fourth-order valence-electron chi connectivity index (χ4n) is 2.22. The molecule has 20 heavy (non-hydrogen) atoms. The number of nitrogens with one attached hydrogen (secondary N) is 1. The number of carbonyl (C=O) groups is 1. The van der Waals surface area contributed by atoms with Gasteiger partial charge in [0, 0.05) is 0 Å². The lowest BCUT2D eigenvalue weighted by Gasteiger charge is -2.28. The van der Waals surface area contributed by atoms with E-state index in [9.17, 15) is 4.79 Å². The first-order valence-corrected chi connectivity index (χ1v) is 6.81. The first-order chi connectivity index (χ1) is 9.16. The summed E-state index contributed by atoms with van der Waals surface area (Å²) >= 11 is 0. The molecule has 0 saturated carbocycles. The fourth-order valence-corrected chi connectivity index (χ4v) is 2.22. The highest BCUT2D eigenvalue weighted by molar-refractivity contribution is 5.67. The second-order valence-corrected chi connectivity index (χ2v) is 6.45. The van der Waals surface area contributed by atoms with Gasteiger partial charge in [0.25, 0.3) is 0 Å². The van der Waals surface area contributed by atoms with E-state index in [1.165, 1.54) is 0 Å². The molecule has 2 heterocycles. The van der Waals surface area contributed by atoms with Crippen LogP contribution in [-0.4, -0.2) is 42.3 Å². The van der Waals surface area contributed by atoms with Gasteiger partial charge in [-0.25, -0.2) is 4.79 Å². The Hall–Kier alpha value is -1.27. The van der Waals surface area contributed by atoms with Crippen LogP contribution >= 0.6 is 0 Å². The Morgan fingerprint density at radius 3 is 2.70 bits per heavy atom. The molecule has 1 saturated heterocycles.